The summed E-state index contributed by atoms with van der Waals surface area (Å²) in [5.41, 5.74) is 1.76. The Bertz CT molecular complexity index is 641. The number of benzene rings is 1. The number of amides is 2. The van der Waals surface area contributed by atoms with Crippen molar-refractivity contribution in [1.82, 2.24) is 10.2 Å². The molecule has 0 radical (unpaired) electrons. The first-order valence-electron chi connectivity index (χ1n) is 7.85. The summed E-state index contributed by atoms with van der Waals surface area (Å²) < 4.78 is 4.68. The minimum absolute atomic E-state index is 0.0725. The number of hydrogen-bond donors (Lipinski definition) is 2. The Balaban J connectivity index is 1.88. The van der Waals surface area contributed by atoms with E-state index in [1.165, 1.54) is 7.11 Å². The van der Waals surface area contributed by atoms with E-state index >= 15 is 0 Å². The molecule has 0 saturated heterocycles. The van der Waals surface area contributed by atoms with Crippen molar-refractivity contribution in [2.24, 2.45) is 0 Å². The highest BCUT2D eigenvalue weighted by Crippen LogP contribution is 2.18. The fourth-order valence-corrected chi connectivity index (χ4v) is 2.24. The number of hydrogen-bond acceptors (Lipinski definition) is 5. The van der Waals surface area contributed by atoms with Gasteiger partial charge >= 0.3 is 5.97 Å². The topological polar surface area (TPSA) is 87.7 Å². The lowest BCUT2D eigenvalue weighted by Gasteiger charge is -2.16. The summed E-state index contributed by atoms with van der Waals surface area (Å²) >= 11 is 0. The van der Waals surface area contributed by atoms with E-state index in [1.54, 1.807) is 30.1 Å². The summed E-state index contributed by atoms with van der Waals surface area (Å²) in [6, 6.07) is 5.28. The molecule has 1 aliphatic rings. The Morgan fingerprint density at radius 2 is 1.88 bits per heavy atom. The van der Waals surface area contributed by atoms with Gasteiger partial charge in [-0.25, -0.2) is 4.79 Å². The smallest absolute Gasteiger partial charge is 0.337 e. The number of anilines is 1. The lowest BCUT2D eigenvalue weighted by molar-refractivity contribution is -0.123. The van der Waals surface area contributed by atoms with Crippen LogP contribution in [0.25, 0.3) is 0 Å². The Labute approximate surface area is 141 Å². The number of nitrogens with one attached hydrogen (secondary N) is 2. The van der Waals surface area contributed by atoms with Gasteiger partial charge in [-0.2, -0.15) is 0 Å². The molecule has 2 amide bonds. The molecule has 0 spiro atoms. The normalized spacial score (nSPS) is 13.5. The minimum atomic E-state index is -0.459. The molecule has 0 heterocycles. The predicted octanol–water partition coefficient (Wildman–Crippen LogP) is 0.931. The van der Waals surface area contributed by atoms with Gasteiger partial charge in [0.1, 0.15) is 0 Å². The van der Waals surface area contributed by atoms with Crippen LogP contribution in [0.4, 0.5) is 5.69 Å². The number of aryl methyl sites for hydroxylation is 1. The van der Waals surface area contributed by atoms with E-state index in [2.05, 4.69) is 15.4 Å². The Kier molecular flexibility index (Phi) is 5.92. The highest BCUT2D eigenvalue weighted by atomic mass is 16.5. The van der Waals surface area contributed by atoms with Crippen molar-refractivity contribution in [1.29, 1.82) is 0 Å². The first-order chi connectivity index (χ1) is 11.4. The molecule has 2 rings (SSSR count). The van der Waals surface area contributed by atoms with Crippen LogP contribution < -0.4 is 10.6 Å². The van der Waals surface area contributed by atoms with Crippen molar-refractivity contribution in [3.63, 3.8) is 0 Å². The summed E-state index contributed by atoms with van der Waals surface area (Å²) in [4.78, 5) is 37.1. The van der Waals surface area contributed by atoms with Gasteiger partial charge in [0, 0.05) is 11.7 Å². The predicted molar refractivity (Wildman–Crippen MR) is 89.8 cm³/mol. The number of esters is 1. The minimum Gasteiger partial charge on any atom is -0.465 e. The molecular formula is C17H23N3O4. The molecule has 1 aromatic carbocycles. The number of carbonyl (C=O) groups excluding carboxylic acids is 3. The molecule has 130 valence electrons. The summed E-state index contributed by atoms with van der Waals surface area (Å²) in [6.07, 6.45) is 2.07. The van der Waals surface area contributed by atoms with E-state index < -0.39 is 5.97 Å². The van der Waals surface area contributed by atoms with Crippen LogP contribution in [-0.4, -0.2) is 56.0 Å². The van der Waals surface area contributed by atoms with Crippen molar-refractivity contribution >= 4 is 23.5 Å². The van der Waals surface area contributed by atoms with E-state index in [-0.39, 0.29) is 24.9 Å². The molecule has 2 N–H and O–H groups in total. The van der Waals surface area contributed by atoms with Gasteiger partial charge in [0.15, 0.2) is 0 Å². The molecule has 0 aromatic heterocycles. The van der Waals surface area contributed by atoms with Crippen LogP contribution in [0.15, 0.2) is 18.2 Å². The van der Waals surface area contributed by atoms with Gasteiger partial charge in [-0.1, -0.05) is 6.07 Å². The third-order valence-electron chi connectivity index (χ3n) is 3.70. The maximum Gasteiger partial charge on any atom is 0.337 e. The second kappa shape index (κ2) is 7.92. The molecule has 1 saturated carbocycles. The molecule has 7 heteroatoms. The second-order valence-corrected chi connectivity index (χ2v) is 6.08. The average molecular weight is 333 g/mol. The van der Waals surface area contributed by atoms with Crippen molar-refractivity contribution in [3.8, 4) is 0 Å². The Morgan fingerprint density at radius 1 is 1.21 bits per heavy atom. The molecule has 0 unspecified atom stereocenters. The SMILES string of the molecule is COC(=O)c1ccc(C)c(NC(=O)CN(C)CC(=O)NC2CC2)c1. The van der Waals surface area contributed by atoms with Crippen LogP contribution in [0, 0.1) is 6.92 Å². The van der Waals surface area contributed by atoms with Gasteiger partial charge in [-0.3, -0.25) is 14.5 Å². The molecule has 24 heavy (non-hydrogen) atoms. The van der Waals surface area contributed by atoms with E-state index in [4.69, 9.17) is 0 Å². The molecule has 0 bridgehead atoms. The van der Waals surface area contributed by atoms with Gasteiger partial charge in [-0.15, -0.1) is 0 Å². The van der Waals surface area contributed by atoms with Crippen molar-refractivity contribution < 1.29 is 19.1 Å². The maximum atomic E-state index is 12.1. The Morgan fingerprint density at radius 3 is 2.50 bits per heavy atom. The maximum absolute atomic E-state index is 12.1. The van der Waals surface area contributed by atoms with Gasteiger partial charge in [0.25, 0.3) is 0 Å². The molecule has 1 aromatic rings. The summed E-state index contributed by atoms with van der Waals surface area (Å²) in [5, 5.41) is 5.65. The quantitative estimate of drug-likeness (QED) is 0.725. The molecule has 0 atom stereocenters. The van der Waals surface area contributed by atoms with Crippen LogP contribution in [0.2, 0.25) is 0 Å². The monoisotopic (exact) mass is 333 g/mol. The number of methoxy groups -OCH3 is 1. The molecule has 1 fully saturated rings. The lowest BCUT2D eigenvalue weighted by atomic mass is 10.1. The standard InChI is InChI=1S/C17H23N3O4/c1-11-4-5-12(17(23)24-3)8-14(11)19-16(22)10-20(2)9-15(21)18-13-6-7-13/h4-5,8,13H,6-7,9-10H2,1-3H3,(H,18,21)(H,19,22). The van der Waals surface area contributed by atoms with Gasteiger partial charge in [0.05, 0.1) is 25.8 Å². The zero-order chi connectivity index (χ0) is 17.7. The number of nitrogens with zero attached hydrogens (tertiary/aromatic N) is 1. The van der Waals surface area contributed by atoms with Crippen molar-refractivity contribution in [3.05, 3.63) is 29.3 Å². The van der Waals surface area contributed by atoms with Gasteiger partial charge in [-0.05, 0) is 44.5 Å². The van der Waals surface area contributed by atoms with Crippen LogP contribution in [-0.2, 0) is 14.3 Å². The number of rotatable bonds is 7. The van der Waals surface area contributed by atoms with Crippen LogP contribution in [0.1, 0.15) is 28.8 Å². The largest absolute Gasteiger partial charge is 0.465 e. The highest BCUT2D eigenvalue weighted by molar-refractivity contribution is 5.96. The first-order valence-corrected chi connectivity index (χ1v) is 7.85. The van der Waals surface area contributed by atoms with Crippen molar-refractivity contribution in [2.75, 3.05) is 32.6 Å². The van der Waals surface area contributed by atoms with Crippen LogP contribution >= 0.6 is 0 Å². The summed E-state index contributed by atoms with van der Waals surface area (Å²) in [5.74, 6) is -0.780. The van der Waals surface area contributed by atoms with E-state index in [0.29, 0.717) is 17.3 Å². The average Bonchev–Trinajstić information content (AvgIpc) is 3.32. The number of likely N-dealkylation sites (N-methyl/N-ethyl adjacent to an activating group) is 1. The summed E-state index contributed by atoms with van der Waals surface area (Å²) in [7, 11) is 3.02. The van der Waals surface area contributed by atoms with E-state index in [1.807, 2.05) is 6.92 Å². The first kappa shape index (κ1) is 17.9. The van der Waals surface area contributed by atoms with Gasteiger partial charge in [0.2, 0.25) is 11.8 Å². The second-order valence-electron chi connectivity index (χ2n) is 6.08. The van der Waals surface area contributed by atoms with Gasteiger partial charge < -0.3 is 15.4 Å². The van der Waals surface area contributed by atoms with Crippen molar-refractivity contribution in [2.45, 2.75) is 25.8 Å². The fraction of sp³-hybridized carbons (Fsp3) is 0.471. The lowest BCUT2D eigenvalue weighted by Crippen LogP contribution is -2.39. The third kappa shape index (κ3) is 5.34. The summed E-state index contributed by atoms with van der Waals surface area (Å²) in [6.45, 7) is 2.09. The number of carbonyl (C=O) groups is 3. The van der Waals surface area contributed by atoms with E-state index in [9.17, 15) is 14.4 Å². The molecule has 7 nitrogen and oxygen atoms in total. The number of ether oxygens (including phenoxy) is 1. The van der Waals surface area contributed by atoms with Crippen LogP contribution in [0.5, 0.6) is 0 Å². The fourth-order valence-electron chi connectivity index (χ4n) is 2.24. The third-order valence-corrected chi connectivity index (χ3v) is 3.70. The Hall–Kier alpha value is -2.41. The molecule has 1 aliphatic carbocycles. The zero-order valence-electron chi connectivity index (χ0n) is 14.2. The van der Waals surface area contributed by atoms with E-state index in [0.717, 1.165) is 18.4 Å². The van der Waals surface area contributed by atoms with Crippen LogP contribution in [0.3, 0.4) is 0 Å². The zero-order valence-corrected chi connectivity index (χ0v) is 14.2. The molecule has 0 aliphatic heterocycles. The molecular weight excluding hydrogens is 310 g/mol. The highest BCUT2D eigenvalue weighted by Gasteiger charge is 2.23.